The minimum Gasteiger partial charge on any atom is -0.378 e. The van der Waals surface area contributed by atoms with Crippen molar-refractivity contribution in [1.82, 2.24) is 9.55 Å². The lowest BCUT2D eigenvalue weighted by Gasteiger charge is -2.13. The second kappa shape index (κ2) is 7.34. The summed E-state index contributed by atoms with van der Waals surface area (Å²) in [7, 11) is 0. The van der Waals surface area contributed by atoms with E-state index in [0.29, 0.717) is 12.4 Å². The third-order valence-corrected chi connectivity index (χ3v) is 6.77. The fourth-order valence-electron chi connectivity index (χ4n) is 4.13. The zero-order valence-electron chi connectivity index (χ0n) is 15.9. The molecular formula is C23H20N4OS. The molecule has 1 aliphatic carbocycles. The van der Waals surface area contributed by atoms with E-state index in [4.69, 9.17) is 4.98 Å². The molecule has 0 saturated carbocycles. The molecule has 0 atom stereocenters. The number of thiophene rings is 1. The highest BCUT2D eigenvalue weighted by atomic mass is 32.1. The third-order valence-electron chi connectivity index (χ3n) is 5.58. The average molecular weight is 401 g/mol. The summed E-state index contributed by atoms with van der Waals surface area (Å²) in [5, 5.41) is 15.7. The summed E-state index contributed by atoms with van der Waals surface area (Å²) in [6.45, 7) is 0.412. The van der Waals surface area contributed by atoms with Crippen LogP contribution in [0.2, 0.25) is 0 Å². The molecule has 0 fully saturated rings. The van der Waals surface area contributed by atoms with Crippen LogP contribution < -0.4 is 10.9 Å². The number of hydrogen-bond donors (Lipinski definition) is 1. The van der Waals surface area contributed by atoms with Gasteiger partial charge in [0.1, 0.15) is 17.2 Å². The molecule has 0 spiro atoms. The van der Waals surface area contributed by atoms with Gasteiger partial charge in [-0.15, -0.1) is 11.3 Å². The number of fused-ring (bicyclic) bond motifs is 4. The predicted molar refractivity (Wildman–Crippen MR) is 117 cm³/mol. The molecule has 4 aromatic rings. The number of aromatic nitrogens is 2. The van der Waals surface area contributed by atoms with Crippen LogP contribution in [0.1, 0.15) is 29.1 Å². The Balaban J connectivity index is 1.53. The van der Waals surface area contributed by atoms with Gasteiger partial charge in [0.15, 0.2) is 0 Å². The van der Waals surface area contributed by atoms with E-state index in [-0.39, 0.29) is 12.1 Å². The van der Waals surface area contributed by atoms with Crippen LogP contribution in [0, 0.1) is 11.3 Å². The van der Waals surface area contributed by atoms with Crippen LogP contribution in [-0.4, -0.2) is 9.55 Å². The summed E-state index contributed by atoms with van der Waals surface area (Å²) in [6.07, 6.45) is 4.25. The minimum absolute atomic E-state index is 0.0150. The van der Waals surface area contributed by atoms with Gasteiger partial charge in [-0.25, -0.2) is 4.98 Å². The van der Waals surface area contributed by atoms with Crippen molar-refractivity contribution in [3.63, 3.8) is 0 Å². The Morgan fingerprint density at radius 2 is 1.97 bits per heavy atom. The second-order valence-electron chi connectivity index (χ2n) is 7.38. The zero-order chi connectivity index (χ0) is 19.8. The third kappa shape index (κ3) is 3.18. The van der Waals surface area contributed by atoms with Gasteiger partial charge in [-0.2, -0.15) is 5.26 Å². The molecule has 29 heavy (non-hydrogen) atoms. The number of aryl methyl sites for hydroxylation is 2. The first kappa shape index (κ1) is 17.9. The fourth-order valence-corrected chi connectivity index (χ4v) is 5.40. The molecule has 5 rings (SSSR count). The minimum atomic E-state index is -0.0775. The first-order chi connectivity index (χ1) is 14.2. The number of benzene rings is 2. The van der Waals surface area contributed by atoms with Crippen molar-refractivity contribution in [3.05, 3.63) is 69.1 Å². The van der Waals surface area contributed by atoms with Crippen LogP contribution in [0.3, 0.4) is 0 Å². The van der Waals surface area contributed by atoms with Gasteiger partial charge >= 0.3 is 0 Å². The summed E-state index contributed by atoms with van der Waals surface area (Å²) >= 11 is 1.64. The lowest BCUT2D eigenvalue weighted by molar-refractivity contribution is 0.692. The molecular weight excluding hydrogens is 380 g/mol. The molecule has 2 heterocycles. The van der Waals surface area contributed by atoms with Gasteiger partial charge < -0.3 is 5.32 Å². The van der Waals surface area contributed by atoms with Gasteiger partial charge in [-0.05, 0) is 54.2 Å². The smallest absolute Gasteiger partial charge is 0.263 e. The fraction of sp³-hybridized carbons (Fsp3) is 0.261. The predicted octanol–water partition coefficient (Wildman–Crippen LogP) is 4.63. The van der Waals surface area contributed by atoms with E-state index in [1.165, 1.54) is 21.3 Å². The molecule has 0 amide bonds. The summed E-state index contributed by atoms with van der Waals surface area (Å²) < 4.78 is 1.53. The Bertz CT molecular complexity index is 1330. The first-order valence-electron chi connectivity index (χ1n) is 9.88. The highest BCUT2D eigenvalue weighted by Gasteiger charge is 2.21. The van der Waals surface area contributed by atoms with Crippen LogP contribution >= 0.6 is 11.3 Å². The van der Waals surface area contributed by atoms with Crippen LogP contribution in [0.5, 0.6) is 0 Å². The van der Waals surface area contributed by atoms with Crippen molar-refractivity contribution in [2.24, 2.45) is 0 Å². The summed E-state index contributed by atoms with van der Waals surface area (Å²) in [6, 6.07) is 16.5. The zero-order valence-corrected chi connectivity index (χ0v) is 16.8. The van der Waals surface area contributed by atoms with E-state index < -0.39 is 0 Å². The summed E-state index contributed by atoms with van der Waals surface area (Å²) in [5.41, 5.74) is 2.05. The SMILES string of the molecule is N#CCn1c(CNc2ccc3ccccc3c2)nc2sc3c(c2c1=O)CCCC3. The number of nitrogens with one attached hydrogen (secondary N) is 1. The highest BCUT2D eigenvalue weighted by Crippen LogP contribution is 2.33. The molecule has 0 radical (unpaired) electrons. The molecule has 6 heteroatoms. The lowest BCUT2D eigenvalue weighted by Crippen LogP contribution is -2.26. The number of nitriles is 1. The second-order valence-corrected chi connectivity index (χ2v) is 8.47. The number of anilines is 1. The van der Waals surface area contributed by atoms with Gasteiger partial charge in [-0.3, -0.25) is 9.36 Å². The van der Waals surface area contributed by atoms with Crippen molar-refractivity contribution in [3.8, 4) is 6.07 Å². The average Bonchev–Trinajstić information content (AvgIpc) is 3.13. The van der Waals surface area contributed by atoms with Gasteiger partial charge in [0.25, 0.3) is 5.56 Å². The van der Waals surface area contributed by atoms with Crippen molar-refractivity contribution < 1.29 is 0 Å². The van der Waals surface area contributed by atoms with E-state index in [1.807, 2.05) is 18.2 Å². The van der Waals surface area contributed by atoms with E-state index >= 15 is 0 Å². The number of nitrogens with zero attached hydrogens (tertiary/aromatic N) is 3. The topological polar surface area (TPSA) is 70.7 Å². The van der Waals surface area contributed by atoms with Crippen molar-refractivity contribution >= 4 is 38.0 Å². The Morgan fingerprint density at radius 3 is 2.83 bits per heavy atom. The maximum absolute atomic E-state index is 13.2. The van der Waals surface area contributed by atoms with Crippen LogP contribution in [0.25, 0.3) is 21.0 Å². The lowest BCUT2D eigenvalue weighted by atomic mass is 9.97. The van der Waals surface area contributed by atoms with Gasteiger partial charge in [0.05, 0.1) is 18.0 Å². The standard InChI is InChI=1S/C23H20N4OS/c24-11-12-27-20(14-25-17-10-9-15-5-1-2-6-16(15)13-17)26-22-21(23(27)28)18-7-3-4-8-19(18)29-22/h1-2,5-6,9-10,13,25H,3-4,7-8,12,14H2. The molecule has 2 aromatic carbocycles. The Kier molecular flexibility index (Phi) is 4.53. The Morgan fingerprint density at radius 1 is 1.14 bits per heavy atom. The van der Waals surface area contributed by atoms with E-state index in [0.717, 1.165) is 46.1 Å². The van der Waals surface area contributed by atoms with Gasteiger partial charge in [-0.1, -0.05) is 30.3 Å². The van der Waals surface area contributed by atoms with E-state index in [9.17, 15) is 10.1 Å². The molecule has 0 saturated heterocycles. The molecule has 0 aliphatic heterocycles. The normalized spacial score (nSPS) is 13.3. The molecule has 1 aliphatic rings. The first-order valence-corrected chi connectivity index (χ1v) is 10.7. The molecule has 5 nitrogen and oxygen atoms in total. The molecule has 2 aromatic heterocycles. The van der Waals surface area contributed by atoms with Gasteiger partial charge in [0, 0.05) is 10.6 Å². The van der Waals surface area contributed by atoms with Crippen LogP contribution in [-0.2, 0) is 25.9 Å². The van der Waals surface area contributed by atoms with Crippen molar-refractivity contribution in [1.29, 1.82) is 5.26 Å². The maximum atomic E-state index is 13.2. The van der Waals surface area contributed by atoms with E-state index in [2.05, 4.69) is 35.7 Å². The Hall–Kier alpha value is -3.17. The van der Waals surface area contributed by atoms with Crippen LogP contribution in [0.4, 0.5) is 5.69 Å². The molecule has 1 N–H and O–H groups in total. The highest BCUT2D eigenvalue weighted by molar-refractivity contribution is 7.18. The molecule has 0 unspecified atom stereocenters. The number of rotatable bonds is 4. The van der Waals surface area contributed by atoms with Gasteiger partial charge in [0.2, 0.25) is 0 Å². The maximum Gasteiger partial charge on any atom is 0.263 e. The number of hydrogen-bond acceptors (Lipinski definition) is 5. The molecule has 0 bridgehead atoms. The van der Waals surface area contributed by atoms with Crippen LogP contribution in [0.15, 0.2) is 47.3 Å². The summed E-state index contributed by atoms with van der Waals surface area (Å²) in [5.74, 6) is 0.607. The van der Waals surface area contributed by atoms with Crippen molar-refractivity contribution in [2.75, 3.05) is 5.32 Å². The van der Waals surface area contributed by atoms with E-state index in [1.54, 1.807) is 11.3 Å². The largest absolute Gasteiger partial charge is 0.378 e. The van der Waals surface area contributed by atoms with Crippen molar-refractivity contribution in [2.45, 2.75) is 38.8 Å². The quantitative estimate of drug-likeness (QED) is 0.542. The summed E-state index contributed by atoms with van der Waals surface area (Å²) in [4.78, 5) is 20.1. The monoisotopic (exact) mass is 400 g/mol. The molecule has 144 valence electrons. The Labute approximate surface area is 172 Å².